The van der Waals surface area contributed by atoms with E-state index < -0.39 is 0 Å². The van der Waals surface area contributed by atoms with E-state index in [9.17, 15) is 0 Å². The van der Waals surface area contributed by atoms with E-state index in [0.29, 0.717) is 21.8 Å². The fourth-order valence-corrected chi connectivity index (χ4v) is 1.98. The number of pyridine rings is 2. The molecule has 0 saturated carbocycles. The molecule has 0 bridgehead atoms. The predicted octanol–water partition coefficient (Wildman–Crippen LogP) is 3.60. The summed E-state index contributed by atoms with van der Waals surface area (Å²) in [6.45, 7) is 0. The SMILES string of the molecule is COc1cc(Cl)nc2cc(Cl)nc(Cl)c12. The minimum Gasteiger partial charge on any atom is -0.496 e. The summed E-state index contributed by atoms with van der Waals surface area (Å²) in [7, 11) is 1.52. The molecule has 0 N–H and O–H groups in total. The van der Waals surface area contributed by atoms with Gasteiger partial charge in [-0.15, -0.1) is 0 Å². The van der Waals surface area contributed by atoms with Crippen LogP contribution in [0.2, 0.25) is 15.5 Å². The van der Waals surface area contributed by atoms with Crippen molar-refractivity contribution in [2.24, 2.45) is 0 Å². The van der Waals surface area contributed by atoms with Gasteiger partial charge in [-0.05, 0) is 0 Å². The molecule has 0 amide bonds. The molecule has 0 aliphatic heterocycles. The van der Waals surface area contributed by atoms with Crippen molar-refractivity contribution in [2.45, 2.75) is 0 Å². The van der Waals surface area contributed by atoms with Crippen LogP contribution in [0.3, 0.4) is 0 Å². The number of rotatable bonds is 1. The summed E-state index contributed by atoms with van der Waals surface area (Å²) in [6, 6.07) is 3.16. The maximum absolute atomic E-state index is 5.94. The van der Waals surface area contributed by atoms with Gasteiger partial charge in [0.15, 0.2) is 0 Å². The first-order chi connectivity index (χ1) is 7.11. The van der Waals surface area contributed by atoms with E-state index in [2.05, 4.69) is 9.97 Å². The zero-order valence-electron chi connectivity index (χ0n) is 7.59. The maximum atomic E-state index is 5.94. The van der Waals surface area contributed by atoms with Gasteiger partial charge < -0.3 is 4.74 Å². The molecule has 0 aliphatic carbocycles. The first-order valence-corrected chi connectivity index (χ1v) is 5.11. The van der Waals surface area contributed by atoms with Gasteiger partial charge >= 0.3 is 0 Å². The first-order valence-electron chi connectivity index (χ1n) is 3.98. The van der Waals surface area contributed by atoms with Crippen molar-refractivity contribution in [2.75, 3.05) is 7.11 Å². The van der Waals surface area contributed by atoms with Gasteiger partial charge in [-0.2, -0.15) is 0 Å². The van der Waals surface area contributed by atoms with Crippen molar-refractivity contribution in [3.63, 3.8) is 0 Å². The molecule has 0 aromatic carbocycles. The van der Waals surface area contributed by atoms with Crippen molar-refractivity contribution in [1.29, 1.82) is 0 Å². The Balaban J connectivity index is 2.90. The normalized spacial score (nSPS) is 10.7. The Morgan fingerprint density at radius 3 is 2.40 bits per heavy atom. The number of aromatic nitrogens is 2. The third-order valence-corrected chi connectivity index (χ3v) is 2.53. The molecule has 2 rings (SSSR count). The summed E-state index contributed by atoms with van der Waals surface area (Å²) >= 11 is 17.5. The molecule has 6 heteroatoms. The number of ether oxygens (including phenoxy) is 1. The molecule has 3 nitrogen and oxygen atoms in total. The zero-order valence-corrected chi connectivity index (χ0v) is 9.86. The van der Waals surface area contributed by atoms with Gasteiger partial charge in [-0.3, -0.25) is 0 Å². The topological polar surface area (TPSA) is 35.0 Å². The number of fused-ring (bicyclic) bond motifs is 1. The monoisotopic (exact) mass is 262 g/mol. The van der Waals surface area contributed by atoms with E-state index in [0.717, 1.165) is 0 Å². The van der Waals surface area contributed by atoms with Crippen molar-refractivity contribution >= 4 is 45.7 Å². The second-order valence-corrected chi connectivity index (χ2v) is 3.91. The lowest BCUT2D eigenvalue weighted by Gasteiger charge is -2.06. The Kier molecular flexibility index (Phi) is 2.87. The van der Waals surface area contributed by atoms with Crippen LogP contribution in [0.4, 0.5) is 0 Å². The molecular formula is C9H5Cl3N2O. The largest absolute Gasteiger partial charge is 0.496 e. The van der Waals surface area contributed by atoms with Crippen LogP contribution in [0.15, 0.2) is 12.1 Å². The first kappa shape index (κ1) is 10.7. The Labute approximate surface area is 101 Å². The number of nitrogens with zero attached hydrogens (tertiary/aromatic N) is 2. The van der Waals surface area contributed by atoms with Gasteiger partial charge in [0.05, 0.1) is 18.0 Å². The third kappa shape index (κ3) is 1.95. The summed E-state index contributed by atoms with van der Waals surface area (Å²) in [5.74, 6) is 0.527. The highest BCUT2D eigenvalue weighted by Crippen LogP contribution is 2.33. The van der Waals surface area contributed by atoms with E-state index in [1.165, 1.54) is 7.11 Å². The summed E-state index contributed by atoms with van der Waals surface area (Å²) in [6.07, 6.45) is 0. The Bertz CT molecular complexity index is 525. The number of halogens is 3. The maximum Gasteiger partial charge on any atom is 0.143 e. The molecule has 0 fully saturated rings. The lowest BCUT2D eigenvalue weighted by atomic mass is 10.2. The van der Waals surface area contributed by atoms with E-state index in [4.69, 9.17) is 39.5 Å². The minimum atomic E-state index is 0.249. The van der Waals surface area contributed by atoms with Crippen LogP contribution in [0.1, 0.15) is 0 Å². The van der Waals surface area contributed by atoms with E-state index in [1.807, 2.05) is 0 Å². The zero-order chi connectivity index (χ0) is 11.0. The van der Waals surface area contributed by atoms with Crippen molar-refractivity contribution in [3.05, 3.63) is 27.6 Å². The van der Waals surface area contributed by atoms with Gasteiger partial charge in [0, 0.05) is 12.1 Å². The van der Waals surface area contributed by atoms with E-state index in [1.54, 1.807) is 12.1 Å². The second kappa shape index (κ2) is 4.00. The lowest BCUT2D eigenvalue weighted by molar-refractivity contribution is 0.419. The highest BCUT2D eigenvalue weighted by Gasteiger charge is 2.11. The summed E-state index contributed by atoms with van der Waals surface area (Å²) in [4.78, 5) is 7.99. The van der Waals surface area contributed by atoms with Crippen LogP contribution in [0, 0.1) is 0 Å². The Morgan fingerprint density at radius 1 is 1.07 bits per heavy atom. The minimum absolute atomic E-state index is 0.249. The molecule has 15 heavy (non-hydrogen) atoms. The lowest BCUT2D eigenvalue weighted by Crippen LogP contribution is -1.91. The molecule has 0 unspecified atom stereocenters. The molecule has 0 aliphatic rings. The van der Waals surface area contributed by atoms with Crippen LogP contribution < -0.4 is 4.74 Å². The molecule has 2 aromatic rings. The number of hydrogen-bond donors (Lipinski definition) is 0. The van der Waals surface area contributed by atoms with Crippen molar-refractivity contribution in [3.8, 4) is 5.75 Å². The van der Waals surface area contributed by atoms with Gasteiger partial charge in [0.25, 0.3) is 0 Å². The highest BCUT2D eigenvalue weighted by molar-refractivity contribution is 6.37. The van der Waals surface area contributed by atoms with Crippen LogP contribution in [0.5, 0.6) is 5.75 Å². The van der Waals surface area contributed by atoms with Crippen LogP contribution in [-0.4, -0.2) is 17.1 Å². The molecule has 0 saturated heterocycles. The third-order valence-electron chi connectivity index (χ3n) is 1.87. The summed E-state index contributed by atoms with van der Waals surface area (Å²) in [5, 5.41) is 1.44. The van der Waals surface area contributed by atoms with Crippen LogP contribution in [0.25, 0.3) is 10.9 Å². The molecule has 0 spiro atoms. The fraction of sp³-hybridized carbons (Fsp3) is 0.111. The van der Waals surface area contributed by atoms with Gasteiger partial charge in [-0.1, -0.05) is 34.8 Å². The Morgan fingerprint density at radius 2 is 1.73 bits per heavy atom. The predicted molar refractivity (Wildman–Crippen MR) is 61.1 cm³/mol. The molecule has 0 atom stereocenters. The second-order valence-electron chi connectivity index (χ2n) is 2.78. The van der Waals surface area contributed by atoms with Gasteiger partial charge in [0.1, 0.15) is 21.2 Å². The fourth-order valence-electron chi connectivity index (χ4n) is 1.28. The molecule has 0 radical (unpaired) electrons. The van der Waals surface area contributed by atoms with Crippen LogP contribution >= 0.6 is 34.8 Å². The average molecular weight is 264 g/mol. The summed E-state index contributed by atoms with van der Waals surface area (Å²) in [5.41, 5.74) is 0.560. The molecule has 78 valence electrons. The quantitative estimate of drug-likeness (QED) is 0.737. The number of hydrogen-bond acceptors (Lipinski definition) is 3. The molecular weight excluding hydrogens is 258 g/mol. The number of methoxy groups -OCH3 is 1. The summed E-state index contributed by atoms with van der Waals surface area (Å²) < 4.78 is 5.14. The standard InChI is InChI=1S/C9H5Cl3N2O/c1-15-5-3-7(11)13-4-2-6(10)14-9(12)8(4)5/h2-3H,1H3. The van der Waals surface area contributed by atoms with Crippen molar-refractivity contribution < 1.29 is 4.74 Å². The molecule has 2 heterocycles. The highest BCUT2D eigenvalue weighted by atomic mass is 35.5. The van der Waals surface area contributed by atoms with Gasteiger partial charge in [0.2, 0.25) is 0 Å². The Hall–Kier alpha value is -0.770. The van der Waals surface area contributed by atoms with Crippen molar-refractivity contribution in [1.82, 2.24) is 9.97 Å². The van der Waals surface area contributed by atoms with E-state index >= 15 is 0 Å². The van der Waals surface area contributed by atoms with E-state index in [-0.39, 0.29) is 10.3 Å². The molecule has 2 aromatic heterocycles. The van der Waals surface area contributed by atoms with Gasteiger partial charge in [-0.25, -0.2) is 9.97 Å². The van der Waals surface area contributed by atoms with Crippen LogP contribution in [-0.2, 0) is 0 Å². The smallest absolute Gasteiger partial charge is 0.143 e. The average Bonchev–Trinajstić information content (AvgIpc) is 2.14.